The minimum Gasteiger partial charge on any atom is -0.396 e. The topological polar surface area (TPSA) is 20.2 Å². The van der Waals surface area contributed by atoms with Crippen LogP contribution in [0.1, 0.15) is 16.7 Å². The van der Waals surface area contributed by atoms with Crippen molar-refractivity contribution in [3.8, 4) is 0 Å². The van der Waals surface area contributed by atoms with Crippen LogP contribution in [0.15, 0.2) is 18.2 Å². The Bertz CT molecular complexity index is 361. The zero-order valence-electron chi connectivity index (χ0n) is 8.36. The Hall–Kier alpha value is 0.920. The van der Waals surface area contributed by atoms with Gasteiger partial charge in [0.2, 0.25) is 7.59 Å². The van der Waals surface area contributed by atoms with Crippen LogP contribution in [0.4, 0.5) is 0 Å². The van der Waals surface area contributed by atoms with Gasteiger partial charge in [-0.05, 0) is 12.0 Å². The maximum atomic E-state index is 9.04. The highest BCUT2D eigenvalue weighted by Crippen LogP contribution is 2.46. The van der Waals surface area contributed by atoms with Crippen molar-refractivity contribution in [2.45, 2.75) is 14.0 Å². The van der Waals surface area contributed by atoms with Crippen molar-refractivity contribution in [2.24, 2.45) is 0 Å². The summed E-state index contributed by atoms with van der Waals surface area (Å²) in [4.78, 5) is 0. The molecule has 0 saturated carbocycles. The molecule has 0 aliphatic rings. The molecule has 0 fully saturated rings. The fourth-order valence-electron chi connectivity index (χ4n) is 1.50. The number of hydrogen-bond donors (Lipinski definition) is 1. The number of benzene rings is 1. The molecule has 0 unspecified atom stereocenters. The fourth-order valence-corrected chi connectivity index (χ4v) is 2.56. The maximum absolute atomic E-state index is 9.04. The van der Waals surface area contributed by atoms with Gasteiger partial charge in [0.1, 0.15) is 0 Å². The Morgan fingerprint density at radius 2 is 1.29 bits per heavy atom. The summed E-state index contributed by atoms with van der Waals surface area (Å²) < 4.78 is -3.26. The molecule has 0 saturated heterocycles. The molecule has 0 spiro atoms. The van der Waals surface area contributed by atoms with E-state index >= 15 is 0 Å². The fraction of sp³-hybridized carbons (Fsp3) is 0.400. The number of alkyl halides is 6. The van der Waals surface area contributed by atoms with E-state index in [1.807, 2.05) is 0 Å². The average molecular weight is 357 g/mol. The van der Waals surface area contributed by atoms with E-state index in [0.29, 0.717) is 16.7 Å². The Morgan fingerprint density at radius 3 is 1.59 bits per heavy atom. The van der Waals surface area contributed by atoms with Crippen LogP contribution in [-0.2, 0) is 14.0 Å². The molecule has 17 heavy (non-hydrogen) atoms. The third kappa shape index (κ3) is 4.21. The highest BCUT2D eigenvalue weighted by atomic mass is 35.6. The third-order valence-corrected chi connectivity index (χ3v) is 3.37. The summed E-state index contributed by atoms with van der Waals surface area (Å²) in [5.41, 5.74) is 1.34. The smallest absolute Gasteiger partial charge is 0.216 e. The molecule has 0 atom stereocenters. The number of aliphatic hydroxyl groups excluding tert-OH is 1. The average Bonchev–Trinajstić information content (AvgIpc) is 2.15. The Balaban J connectivity index is 3.43. The van der Waals surface area contributed by atoms with E-state index in [1.54, 1.807) is 18.2 Å². The van der Waals surface area contributed by atoms with E-state index < -0.39 is 7.59 Å². The number of aliphatic hydroxyl groups is 1. The second kappa shape index (κ2) is 5.92. The zero-order valence-corrected chi connectivity index (χ0v) is 12.9. The Morgan fingerprint density at radius 1 is 0.882 bits per heavy atom. The van der Waals surface area contributed by atoms with Crippen molar-refractivity contribution >= 4 is 69.6 Å². The van der Waals surface area contributed by atoms with Gasteiger partial charge < -0.3 is 5.11 Å². The second-order valence-corrected chi connectivity index (χ2v) is 7.86. The lowest BCUT2D eigenvalue weighted by atomic mass is 10.00. The van der Waals surface area contributed by atoms with Gasteiger partial charge in [-0.3, -0.25) is 0 Å². The van der Waals surface area contributed by atoms with Crippen LogP contribution in [0.25, 0.3) is 0 Å². The van der Waals surface area contributed by atoms with E-state index in [4.69, 9.17) is 74.7 Å². The first-order valence-corrected chi connectivity index (χ1v) is 6.82. The van der Waals surface area contributed by atoms with Crippen LogP contribution in [0.5, 0.6) is 0 Å². The Labute approximate surface area is 130 Å². The van der Waals surface area contributed by atoms with E-state index in [-0.39, 0.29) is 13.0 Å². The standard InChI is InChI=1S/C10H8Cl6O/c11-9(12,13)7-2-1-3-8(10(14,15)16)6(7)4-5-17/h1-3,17H,4-5H2. The summed E-state index contributed by atoms with van der Waals surface area (Å²) in [5, 5.41) is 9.04. The number of hydrogen-bond acceptors (Lipinski definition) is 1. The lowest BCUT2D eigenvalue weighted by molar-refractivity contribution is 0.299. The van der Waals surface area contributed by atoms with Gasteiger partial charge in [0.15, 0.2) is 0 Å². The molecule has 1 N–H and O–H groups in total. The summed E-state index contributed by atoms with van der Waals surface area (Å²) in [7, 11) is 0. The van der Waals surface area contributed by atoms with Crippen LogP contribution in [0.2, 0.25) is 0 Å². The highest BCUT2D eigenvalue weighted by molar-refractivity contribution is 6.67. The molecule has 7 heteroatoms. The molecule has 1 aromatic rings. The van der Waals surface area contributed by atoms with Crippen molar-refractivity contribution in [1.82, 2.24) is 0 Å². The highest BCUT2D eigenvalue weighted by Gasteiger charge is 2.32. The van der Waals surface area contributed by atoms with Gasteiger partial charge in [-0.15, -0.1) is 0 Å². The van der Waals surface area contributed by atoms with Crippen molar-refractivity contribution in [3.05, 3.63) is 34.9 Å². The predicted molar refractivity (Wildman–Crippen MR) is 75.7 cm³/mol. The van der Waals surface area contributed by atoms with Gasteiger partial charge in [-0.25, -0.2) is 0 Å². The number of rotatable bonds is 2. The zero-order chi connectivity index (χ0) is 13.3. The Kier molecular flexibility index (Phi) is 5.56. The van der Waals surface area contributed by atoms with Crippen molar-refractivity contribution < 1.29 is 5.11 Å². The van der Waals surface area contributed by atoms with Crippen LogP contribution in [-0.4, -0.2) is 11.7 Å². The van der Waals surface area contributed by atoms with E-state index in [9.17, 15) is 0 Å². The molecular weight excluding hydrogens is 349 g/mol. The summed E-state index contributed by atoms with van der Waals surface area (Å²) in [6.45, 7) is -0.133. The summed E-state index contributed by atoms with van der Waals surface area (Å²) in [6, 6.07) is 4.88. The largest absolute Gasteiger partial charge is 0.396 e. The van der Waals surface area contributed by atoms with Gasteiger partial charge in [-0.1, -0.05) is 87.8 Å². The molecular formula is C10H8Cl6O. The molecule has 96 valence electrons. The van der Waals surface area contributed by atoms with E-state index in [0.717, 1.165) is 0 Å². The van der Waals surface area contributed by atoms with Crippen molar-refractivity contribution in [1.29, 1.82) is 0 Å². The molecule has 0 heterocycles. The maximum Gasteiger partial charge on any atom is 0.216 e. The molecule has 0 amide bonds. The van der Waals surface area contributed by atoms with E-state index in [2.05, 4.69) is 0 Å². The molecule has 0 aromatic heterocycles. The lowest BCUT2D eigenvalue weighted by Crippen LogP contribution is -2.14. The van der Waals surface area contributed by atoms with Gasteiger partial charge >= 0.3 is 0 Å². The summed E-state index contributed by atoms with van der Waals surface area (Å²) in [6.07, 6.45) is 0.243. The van der Waals surface area contributed by atoms with Crippen LogP contribution in [0, 0.1) is 0 Å². The molecule has 0 bridgehead atoms. The summed E-state index contributed by atoms with van der Waals surface area (Å²) >= 11 is 35.0. The second-order valence-electron chi connectivity index (χ2n) is 3.30. The molecule has 0 radical (unpaired) electrons. The molecule has 1 nitrogen and oxygen atoms in total. The van der Waals surface area contributed by atoms with Gasteiger partial charge in [0.05, 0.1) is 0 Å². The molecule has 1 rings (SSSR count). The molecule has 1 aromatic carbocycles. The monoisotopic (exact) mass is 354 g/mol. The first kappa shape index (κ1) is 16.0. The normalized spacial score (nSPS) is 12.9. The van der Waals surface area contributed by atoms with Gasteiger partial charge in [-0.2, -0.15) is 0 Å². The minimum absolute atomic E-state index is 0.133. The first-order chi connectivity index (χ1) is 7.68. The van der Waals surface area contributed by atoms with Gasteiger partial charge in [0, 0.05) is 17.7 Å². The van der Waals surface area contributed by atoms with Gasteiger partial charge in [0.25, 0.3) is 0 Å². The predicted octanol–water partition coefficient (Wildman–Crippen LogP) is 4.87. The minimum atomic E-state index is -1.63. The molecule has 0 aliphatic heterocycles. The first-order valence-electron chi connectivity index (χ1n) is 4.55. The third-order valence-electron chi connectivity index (χ3n) is 2.15. The number of halogens is 6. The van der Waals surface area contributed by atoms with Crippen LogP contribution >= 0.6 is 69.6 Å². The van der Waals surface area contributed by atoms with Crippen molar-refractivity contribution in [3.63, 3.8) is 0 Å². The quantitative estimate of drug-likeness (QED) is 0.749. The molecule has 0 aliphatic carbocycles. The van der Waals surface area contributed by atoms with Crippen LogP contribution < -0.4 is 0 Å². The SMILES string of the molecule is OCCc1c(C(Cl)(Cl)Cl)cccc1C(Cl)(Cl)Cl. The lowest BCUT2D eigenvalue weighted by Gasteiger charge is -2.22. The summed E-state index contributed by atoms with van der Waals surface area (Å²) in [5.74, 6) is 0. The van der Waals surface area contributed by atoms with Crippen LogP contribution in [0.3, 0.4) is 0 Å². The van der Waals surface area contributed by atoms with E-state index in [1.165, 1.54) is 0 Å². The van der Waals surface area contributed by atoms with Crippen molar-refractivity contribution in [2.75, 3.05) is 6.61 Å².